The number of rotatable bonds is 3. The number of nitrogens with one attached hydrogen (secondary N) is 1. The predicted molar refractivity (Wildman–Crippen MR) is 100 cm³/mol. The van der Waals surface area contributed by atoms with Crippen LogP contribution in [0.1, 0.15) is 30.1 Å². The van der Waals surface area contributed by atoms with Crippen molar-refractivity contribution in [2.45, 2.75) is 19.8 Å². The van der Waals surface area contributed by atoms with Crippen LogP contribution in [0, 0.1) is 5.92 Å². The van der Waals surface area contributed by atoms with Gasteiger partial charge in [0.25, 0.3) is 5.91 Å². The number of carbonyl (C=O) groups excluding carboxylic acids is 1. The van der Waals surface area contributed by atoms with Gasteiger partial charge < -0.3 is 10.2 Å². The Balaban J connectivity index is 1.45. The zero-order chi connectivity index (χ0) is 17.9. The quantitative estimate of drug-likeness (QED) is 0.783. The Labute approximate surface area is 151 Å². The molecule has 0 unspecified atom stereocenters. The molecular formula is C19H20N6O. The van der Waals surface area contributed by atoms with Crippen LogP contribution in [0.3, 0.4) is 0 Å². The summed E-state index contributed by atoms with van der Waals surface area (Å²) in [5.41, 5.74) is 2.54. The molecule has 4 rings (SSSR count). The van der Waals surface area contributed by atoms with Gasteiger partial charge in [-0.25, -0.2) is 9.97 Å². The first-order valence-electron chi connectivity index (χ1n) is 8.78. The number of amides is 1. The van der Waals surface area contributed by atoms with Crippen molar-refractivity contribution >= 4 is 28.6 Å². The highest BCUT2D eigenvalue weighted by Gasteiger charge is 2.18. The van der Waals surface area contributed by atoms with E-state index < -0.39 is 0 Å². The molecule has 1 amide bonds. The lowest BCUT2D eigenvalue weighted by atomic mass is 10.00. The lowest BCUT2D eigenvalue weighted by molar-refractivity contribution is 0.102. The van der Waals surface area contributed by atoms with Gasteiger partial charge in [-0.1, -0.05) is 6.92 Å². The highest BCUT2D eigenvalue weighted by molar-refractivity contribution is 6.05. The summed E-state index contributed by atoms with van der Waals surface area (Å²) in [6, 6.07) is 5.24. The molecule has 0 spiro atoms. The Bertz CT molecular complexity index is 919. The molecule has 1 aliphatic rings. The van der Waals surface area contributed by atoms with E-state index in [1.165, 1.54) is 0 Å². The van der Waals surface area contributed by atoms with Crippen molar-refractivity contribution in [1.82, 2.24) is 19.9 Å². The zero-order valence-corrected chi connectivity index (χ0v) is 14.6. The van der Waals surface area contributed by atoms with Crippen LogP contribution in [0.2, 0.25) is 0 Å². The SMILES string of the molecule is CC1CCN(c2ncc(NC(=O)c3ccc4nccnc4c3)cn2)CC1. The highest BCUT2D eigenvalue weighted by atomic mass is 16.1. The lowest BCUT2D eigenvalue weighted by Gasteiger charge is -2.30. The number of hydrogen-bond donors (Lipinski definition) is 1. The minimum absolute atomic E-state index is 0.222. The van der Waals surface area contributed by atoms with Crippen molar-refractivity contribution in [2.24, 2.45) is 5.92 Å². The first-order chi connectivity index (χ1) is 12.7. The average molecular weight is 348 g/mol. The minimum atomic E-state index is -0.222. The highest BCUT2D eigenvalue weighted by Crippen LogP contribution is 2.20. The number of benzene rings is 1. The van der Waals surface area contributed by atoms with Gasteiger partial charge >= 0.3 is 0 Å². The van der Waals surface area contributed by atoms with Crippen molar-refractivity contribution in [2.75, 3.05) is 23.3 Å². The summed E-state index contributed by atoms with van der Waals surface area (Å²) in [4.78, 5) is 31.9. The van der Waals surface area contributed by atoms with E-state index in [0.29, 0.717) is 16.8 Å². The fourth-order valence-electron chi connectivity index (χ4n) is 3.07. The molecule has 1 saturated heterocycles. The summed E-state index contributed by atoms with van der Waals surface area (Å²) >= 11 is 0. The molecule has 3 aromatic rings. The lowest BCUT2D eigenvalue weighted by Crippen LogP contribution is -2.34. The molecule has 1 fully saturated rings. The van der Waals surface area contributed by atoms with Crippen LogP contribution in [-0.4, -0.2) is 38.9 Å². The molecule has 2 aromatic heterocycles. The summed E-state index contributed by atoms with van der Waals surface area (Å²) in [6.45, 7) is 4.23. The first-order valence-corrected chi connectivity index (χ1v) is 8.78. The van der Waals surface area contributed by atoms with E-state index in [1.807, 2.05) is 0 Å². The summed E-state index contributed by atoms with van der Waals surface area (Å²) < 4.78 is 0. The Hall–Kier alpha value is -3.09. The number of aromatic nitrogens is 4. The van der Waals surface area contributed by atoms with E-state index in [1.54, 1.807) is 43.0 Å². The smallest absolute Gasteiger partial charge is 0.255 e. The van der Waals surface area contributed by atoms with Crippen LogP contribution in [0.5, 0.6) is 0 Å². The molecule has 0 bridgehead atoms. The van der Waals surface area contributed by atoms with Crippen LogP contribution in [-0.2, 0) is 0 Å². The Morgan fingerprint density at radius 2 is 1.73 bits per heavy atom. The number of piperidine rings is 1. The van der Waals surface area contributed by atoms with E-state index in [2.05, 4.69) is 37.1 Å². The maximum atomic E-state index is 12.5. The molecule has 0 radical (unpaired) electrons. The molecule has 7 nitrogen and oxygen atoms in total. The van der Waals surface area contributed by atoms with Crippen LogP contribution < -0.4 is 10.2 Å². The average Bonchev–Trinajstić information content (AvgIpc) is 2.69. The van der Waals surface area contributed by atoms with Gasteiger partial charge in [0, 0.05) is 31.0 Å². The van der Waals surface area contributed by atoms with Gasteiger partial charge in [0.15, 0.2) is 0 Å². The summed E-state index contributed by atoms with van der Waals surface area (Å²) in [6.07, 6.45) is 8.86. The first kappa shape index (κ1) is 16.4. The molecule has 132 valence electrons. The number of nitrogens with zero attached hydrogens (tertiary/aromatic N) is 5. The third kappa shape index (κ3) is 3.46. The van der Waals surface area contributed by atoms with Crippen molar-refractivity contribution in [3.63, 3.8) is 0 Å². The summed E-state index contributed by atoms with van der Waals surface area (Å²) in [5.74, 6) is 1.26. The van der Waals surface area contributed by atoms with Crippen LogP contribution in [0.4, 0.5) is 11.6 Å². The largest absolute Gasteiger partial charge is 0.341 e. The van der Waals surface area contributed by atoms with Crippen molar-refractivity contribution in [1.29, 1.82) is 0 Å². The van der Waals surface area contributed by atoms with Gasteiger partial charge in [-0.15, -0.1) is 0 Å². The van der Waals surface area contributed by atoms with E-state index >= 15 is 0 Å². The van der Waals surface area contributed by atoms with Gasteiger partial charge in [-0.3, -0.25) is 14.8 Å². The van der Waals surface area contributed by atoms with Crippen LogP contribution in [0.15, 0.2) is 43.0 Å². The topological polar surface area (TPSA) is 83.9 Å². The molecule has 0 saturated carbocycles. The van der Waals surface area contributed by atoms with E-state index in [4.69, 9.17) is 0 Å². The molecule has 0 aliphatic carbocycles. The standard InChI is InChI=1S/C19H20N6O/c1-13-4-8-25(9-5-13)19-22-11-15(12-23-19)24-18(26)14-2-3-16-17(10-14)21-7-6-20-16/h2-3,6-7,10-13H,4-5,8-9H2,1H3,(H,24,26). The molecule has 0 atom stereocenters. The Morgan fingerprint density at radius 3 is 2.46 bits per heavy atom. The van der Waals surface area contributed by atoms with Gasteiger partial charge in [0.05, 0.1) is 29.1 Å². The van der Waals surface area contributed by atoms with Crippen molar-refractivity contribution < 1.29 is 4.79 Å². The minimum Gasteiger partial charge on any atom is -0.341 e. The van der Waals surface area contributed by atoms with E-state index in [9.17, 15) is 4.79 Å². The fourth-order valence-corrected chi connectivity index (χ4v) is 3.07. The Morgan fingerprint density at radius 1 is 1.04 bits per heavy atom. The van der Waals surface area contributed by atoms with Gasteiger partial charge in [0.1, 0.15) is 0 Å². The monoisotopic (exact) mass is 348 g/mol. The number of hydrogen-bond acceptors (Lipinski definition) is 6. The maximum Gasteiger partial charge on any atom is 0.255 e. The van der Waals surface area contributed by atoms with E-state index in [0.717, 1.165) is 43.3 Å². The maximum absolute atomic E-state index is 12.5. The molecule has 7 heteroatoms. The summed E-state index contributed by atoms with van der Waals surface area (Å²) in [7, 11) is 0. The second kappa shape index (κ2) is 7.03. The molecule has 3 heterocycles. The molecule has 26 heavy (non-hydrogen) atoms. The second-order valence-electron chi connectivity index (χ2n) is 6.66. The summed E-state index contributed by atoms with van der Waals surface area (Å²) in [5, 5.41) is 2.83. The third-order valence-corrected chi connectivity index (χ3v) is 4.69. The molecule has 1 N–H and O–H groups in total. The zero-order valence-electron chi connectivity index (χ0n) is 14.6. The number of carbonyl (C=O) groups is 1. The Kier molecular flexibility index (Phi) is 4.43. The van der Waals surface area contributed by atoms with Crippen molar-refractivity contribution in [3.05, 3.63) is 48.5 Å². The van der Waals surface area contributed by atoms with Gasteiger partial charge in [-0.05, 0) is 37.0 Å². The van der Waals surface area contributed by atoms with Crippen LogP contribution >= 0.6 is 0 Å². The molecule has 1 aliphatic heterocycles. The molecule has 1 aromatic carbocycles. The van der Waals surface area contributed by atoms with E-state index in [-0.39, 0.29) is 5.91 Å². The second-order valence-corrected chi connectivity index (χ2v) is 6.66. The number of fused-ring (bicyclic) bond motifs is 1. The van der Waals surface area contributed by atoms with Crippen LogP contribution in [0.25, 0.3) is 11.0 Å². The third-order valence-electron chi connectivity index (χ3n) is 4.69. The van der Waals surface area contributed by atoms with Crippen molar-refractivity contribution in [3.8, 4) is 0 Å². The number of anilines is 2. The van der Waals surface area contributed by atoms with Gasteiger partial charge in [0.2, 0.25) is 5.95 Å². The normalized spacial score (nSPS) is 15.2. The van der Waals surface area contributed by atoms with Gasteiger partial charge in [-0.2, -0.15) is 0 Å². The predicted octanol–water partition coefficient (Wildman–Crippen LogP) is 2.91. The molecular weight excluding hydrogens is 328 g/mol. The fraction of sp³-hybridized carbons (Fsp3) is 0.316.